The molecule has 0 fully saturated rings. The lowest BCUT2D eigenvalue weighted by atomic mass is 9.97. The summed E-state index contributed by atoms with van der Waals surface area (Å²) in [6, 6.07) is 11.6. The fourth-order valence-electron chi connectivity index (χ4n) is 2.70. The highest BCUT2D eigenvalue weighted by atomic mass is 16.5. The molecule has 3 aromatic rings. The number of fused-ring (bicyclic) bond motifs is 1. The molecular weight excluding hydrogens is 276 g/mol. The molecule has 5 heteroatoms. The second-order valence-corrected chi connectivity index (χ2v) is 5.09. The fourth-order valence-corrected chi connectivity index (χ4v) is 2.70. The van der Waals surface area contributed by atoms with Crippen LogP contribution in [0.5, 0.6) is 0 Å². The lowest BCUT2D eigenvalue weighted by molar-refractivity contribution is 0.111. The van der Waals surface area contributed by atoms with E-state index in [2.05, 4.69) is 20.2 Å². The van der Waals surface area contributed by atoms with Crippen molar-refractivity contribution in [3.63, 3.8) is 0 Å². The lowest BCUT2D eigenvalue weighted by Crippen LogP contribution is -2.15. The Kier molecular flexibility index (Phi) is 3.33. The molecule has 0 amide bonds. The van der Waals surface area contributed by atoms with Crippen molar-refractivity contribution in [2.24, 2.45) is 0 Å². The van der Waals surface area contributed by atoms with Gasteiger partial charge in [-0.3, -0.25) is 9.97 Å². The van der Waals surface area contributed by atoms with Crippen molar-refractivity contribution in [1.82, 2.24) is 20.2 Å². The first-order chi connectivity index (χ1) is 10.9. The van der Waals surface area contributed by atoms with Gasteiger partial charge in [0.15, 0.2) is 0 Å². The highest BCUT2D eigenvalue weighted by Crippen LogP contribution is 2.31. The number of aromatic nitrogens is 4. The van der Waals surface area contributed by atoms with Crippen LogP contribution < -0.4 is 0 Å². The Morgan fingerprint density at radius 1 is 0.773 bits per heavy atom. The summed E-state index contributed by atoms with van der Waals surface area (Å²) in [6.07, 6.45) is 4.35. The number of rotatable bonds is 2. The normalized spacial score (nSPS) is 13.6. The molecule has 0 spiro atoms. The maximum Gasteiger partial charge on any atom is 0.117 e. The van der Waals surface area contributed by atoms with E-state index >= 15 is 0 Å². The molecule has 0 saturated heterocycles. The summed E-state index contributed by atoms with van der Waals surface area (Å²) in [5.41, 5.74) is 5.56. The zero-order valence-corrected chi connectivity index (χ0v) is 11.9. The number of hydrogen-bond acceptors (Lipinski definition) is 5. The zero-order chi connectivity index (χ0) is 14.8. The molecule has 0 N–H and O–H groups in total. The largest absolute Gasteiger partial charge is 0.376 e. The van der Waals surface area contributed by atoms with Crippen molar-refractivity contribution in [3.05, 3.63) is 59.9 Å². The Morgan fingerprint density at radius 2 is 1.41 bits per heavy atom. The van der Waals surface area contributed by atoms with Gasteiger partial charge in [0.1, 0.15) is 11.4 Å². The van der Waals surface area contributed by atoms with E-state index < -0.39 is 0 Å². The fraction of sp³-hybridized carbons (Fsp3) is 0.176. The molecule has 0 radical (unpaired) electrons. The minimum absolute atomic E-state index is 0.538. The average molecular weight is 290 g/mol. The maximum absolute atomic E-state index is 5.63. The third-order valence-electron chi connectivity index (χ3n) is 3.74. The number of hydrogen-bond donors (Lipinski definition) is 0. The molecule has 0 saturated carbocycles. The van der Waals surface area contributed by atoms with E-state index in [0.717, 1.165) is 34.8 Å². The van der Waals surface area contributed by atoms with Gasteiger partial charge in [0.05, 0.1) is 24.6 Å². The molecular formula is C17H14N4O. The SMILES string of the molecule is c1ccc(-c2nnc(-c3ccccn3)c3c2CCOC3)nc1. The van der Waals surface area contributed by atoms with Gasteiger partial charge in [-0.25, -0.2) is 0 Å². The molecule has 1 aliphatic heterocycles. The second kappa shape index (κ2) is 5.61. The van der Waals surface area contributed by atoms with Gasteiger partial charge < -0.3 is 4.74 Å². The first kappa shape index (κ1) is 13.0. The van der Waals surface area contributed by atoms with E-state index in [1.54, 1.807) is 12.4 Å². The minimum atomic E-state index is 0.538. The number of ether oxygens (including phenoxy) is 1. The van der Waals surface area contributed by atoms with Crippen LogP contribution in [0.4, 0.5) is 0 Å². The molecule has 108 valence electrons. The molecule has 0 unspecified atom stereocenters. The summed E-state index contributed by atoms with van der Waals surface area (Å²) in [5, 5.41) is 8.84. The predicted molar refractivity (Wildman–Crippen MR) is 81.9 cm³/mol. The van der Waals surface area contributed by atoms with Gasteiger partial charge in [-0.05, 0) is 36.2 Å². The minimum Gasteiger partial charge on any atom is -0.376 e. The molecule has 5 nitrogen and oxygen atoms in total. The molecule has 0 atom stereocenters. The summed E-state index contributed by atoms with van der Waals surface area (Å²) in [6.45, 7) is 1.23. The van der Waals surface area contributed by atoms with E-state index in [1.165, 1.54) is 5.56 Å². The number of pyridine rings is 2. The quantitative estimate of drug-likeness (QED) is 0.726. The molecule has 3 aromatic heterocycles. The predicted octanol–water partition coefficient (Wildman–Crippen LogP) is 2.67. The zero-order valence-electron chi connectivity index (χ0n) is 11.9. The standard InChI is InChI=1S/C17H14N4O/c1-3-8-18-14(5-1)16-12-7-10-22-11-13(12)17(21-20-16)15-6-2-4-9-19-15/h1-6,8-9H,7,10-11H2. The van der Waals surface area contributed by atoms with Crippen molar-refractivity contribution in [2.45, 2.75) is 13.0 Å². The van der Waals surface area contributed by atoms with E-state index in [1.807, 2.05) is 36.4 Å². The van der Waals surface area contributed by atoms with Crippen LogP contribution in [0.1, 0.15) is 11.1 Å². The van der Waals surface area contributed by atoms with Crippen LogP contribution in [0.15, 0.2) is 48.8 Å². The topological polar surface area (TPSA) is 60.8 Å². The van der Waals surface area contributed by atoms with Gasteiger partial charge in [0.25, 0.3) is 0 Å². The van der Waals surface area contributed by atoms with E-state index in [9.17, 15) is 0 Å². The highest BCUT2D eigenvalue weighted by molar-refractivity contribution is 5.68. The van der Waals surface area contributed by atoms with Crippen molar-refractivity contribution < 1.29 is 4.74 Å². The van der Waals surface area contributed by atoms with Crippen molar-refractivity contribution in [3.8, 4) is 22.8 Å². The van der Waals surface area contributed by atoms with Crippen LogP contribution in [0.2, 0.25) is 0 Å². The molecule has 1 aliphatic rings. The first-order valence-corrected chi connectivity index (χ1v) is 7.22. The van der Waals surface area contributed by atoms with Gasteiger partial charge in [-0.15, -0.1) is 10.2 Å². The van der Waals surface area contributed by atoms with E-state index in [4.69, 9.17) is 4.74 Å². The van der Waals surface area contributed by atoms with Gasteiger partial charge >= 0.3 is 0 Å². The summed E-state index contributed by atoms with van der Waals surface area (Å²) in [4.78, 5) is 8.79. The summed E-state index contributed by atoms with van der Waals surface area (Å²) in [5.74, 6) is 0. The van der Waals surface area contributed by atoms with Crippen LogP contribution in [-0.2, 0) is 17.8 Å². The Morgan fingerprint density at radius 3 is 2.00 bits per heavy atom. The van der Waals surface area contributed by atoms with Crippen LogP contribution in [0, 0.1) is 0 Å². The third-order valence-corrected chi connectivity index (χ3v) is 3.74. The average Bonchev–Trinajstić information content (AvgIpc) is 2.62. The van der Waals surface area contributed by atoms with Crippen LogP contribution in [-0.4, -0.2) is 26.8 Å². The number of nitrogens with zero attached hydrogens (tertiary/aromatic N) is 4. The van der Waals surface area contributed by atoms with Gasteiger partial charge in [0, 0.05) is 18.0 Å². The van der Waals surface area contributed by atoms with Gasteiger partial charge in [0.2, 0.25) is 0 Å². The highest BCUT2D eigenvalue weighted by Gasteiger charge is 2.22. The Hall–Kier alpha value is -2.66. The Bertz CT molecular complexity index is 722. The van der Waals surface area contributed by atoms with Gasteiger partial charge in [-0.1, -0.05) is 12.1 Å². The summed E-state index contributed by atoms with van der Waals surface area (Å²) in [7, 11) is 0. The first-order valence-electron chi connectivity index (χ1n) is 7.22. The molecule has 0 bridgehead atoms. The second-order valence-electron chi connectivity index (χ2n) is 5.09. The summed E-state index contributed by atoms with van der Waals surface area (Å²) < 4.78 is 5.63. The lowest BCUT2D eigenvalue weighted by Gasteiger charge is -2.20. The van der Waals surface area contributed by atoms with Crippen molar-refractivity contribution >= 4 is 0 Å². The molecule has 0 aromatic carbocycles. The third kappa shape index (κ3) is 2.25. The van der Waals surface area contributed by atoms with Crippen molar-refractivity contribution in [1.29, 1.82) is 0 Å². The van der Waals surface area contributed by atoms with Gasteiger partial charge in [-0.2, -0.15) is 0 Å². The summed E-state index contributed by atoms with van der Waals surface area (Å²) >= 11 is 0. The van der Waals surface area contributed by atoms with E-state index in [-0.39, 0.29) is 0 Å². The Balaban J connectivity index is 1.91. The Labute approximate surface area is 128 Å². The maximum atomic E-state index is 5.63. The molecule has 4 rings (SSSR count). The molecule has 0 aliphatic carbocycles. The molecule has 22 heavy (non-hydrogen) atoms. The molecule has 4 heterocycles. The van der Waals surface area contributed by atoms with Crippen LogP contribution >= 0.6 is 0 Å². The van der Waals surface area contributed by atoms with Crippen molar-refractivity contribution in [2.75, 3.05) is 6.61 Å². The smallest absolute Gasteiger partial charge is 0.117 e. The van der Waals surface area contributed by atoms with Crippen LogP contribution in [0.25, 0.3) is 22.8 Å². The van der Waals surface area contributed by atoms with E-state index in [0.29, 0.717) is 13.2 Å². The monoisotopic (exact) mass is 290 g/mol. The van der Waals surface area contributed by atoms with Crippen LogP contribution in [0.3, 0.4) is 0 Å².